The lowest BCUT2D eigenvalue weighted by molar-refractivity contribution is -0.125. The number of imidazole rings is 1. The summed E-state index contributed by atoms with van der Waals surface area (Å²) in [5.41, 5.74) is 3.04. The third-order valence-electron chi connectivity index (χ3n) is 4.93. The number of aryl methyl sites for hydroxylation is 1. The van der Waals surface area contributed by atoms with Crippen LogP contribution in [-0.2, 0) is 23.1 Å². The zero-order valence-corrected chi connectivity index (χ0v) is 15.1. The smallest absolute Gasteiger partial charge is 0.322 e. The molecule has 0 radical (unpaired) electrons. The second-order valence-electron chi connectivity index (χ2n) is 6.89. The molecule has 1 unspecified atom stereocenters. The largest absolute Gasteiger partial charge is 0.326 e. The molecule has 0 aliphatic carbocycles. The number of benzene rings is 2. The van der Waals surface area contributed by atoms with Gasteiger partial charge in [-0.2, -0.15) is 0 Å². The number of fused-ring (bicyclic) bond motifs is 1. The highest BCUT2D eigenvalue weighted by Crippen LogP contribution is 2.20. The van der Waals surface area contributed by atoms with Crippen molar-refractivity contribution >= 4 is 34.4 Å². The molecule has 28 heavy (non-hydrogen) atoms. The standard InChI is InChI=1S/C20H18N4O4/c1-24-16-7-4-12(9-15(16)22-20(24)28)18(26)21-14-5-2-11(3-6-14)8-13-10-17(25)23-19(13)27/h2-7,9,13H,8,10H2,1H3,(H,21,26)(H,22,28)(H,23,25,27). The SMILES string of the molecule is Cn1c(=O)[nH]c2cc(C(=O)Nc3ccc(CC4CC(=O)NC4=O)cc3)ccc21. The van der Waals surface area contributed by atoms with E-state index in [1.165, 1.54) is 4.57 Å². The summed E-state index contributed by atoms with van der Waals surface area (Å²) in [7, 11) is 1.66. The first-order valence-electron chi connectivity index (χ1n) is 8.83. The molecular weight excluding hydrogens is 360 g/mol. The molecule has 1 fully saturated rings. The number of imide groups is 1. The van der Waals surface area contributed by atoms with Crippen LogP contribution in [0.1, 0.15) is 22.3 Å². The fraction of sp³-hybridized carbons (Fsp3) is 0.200. The first kappa shape index (κ1) is 17.7. The number of aromatic amines is 1. The quantitative estimate of drug-likeness (QED) is 0.594. The Kier molecular flexibility index (Phi) is 4.31. The van der Waals surface area contributed by atoms with Crippen molar-refractivity contribution in [3.63, 3.8) is 0 Å². The van der Waals surface area contributed by atoms with Gasteiger partial charge in [-0.1, -0.05) is 12.1 Å². The fourth-order valence-electron chi connectivity index (χ4n) is 3.36. The number of rotatable bonds is 4. The van der Waals surface area contributed by atoms with Crippen LogP contribution in [0, 0.1) is 5.92 Å². The van der Waals surface area contributed by atoms with Gasteiger partial charge in [0.2, 0.25) is 11.8 Å². The number of H-pyrrole nitrogens is 1. The monoisotopic (exact) mass is 378 g/mol. The lowest BCUT2D eigenvalue weighted by atomic mass is 9.98. The molecule has 2 heterocycles. The number of hydrogen-bond acceptors (Lipinski definition) is 4. The van der Waals surface area contributed by atoms with Gasteiger partial charge in [-0.25, -0.2) is 4.79 Å². The van der Waals surface area contributed by atoms with Crippen molar-refractivity contribution in [2.24, 2.45) is 13.0 Å². The normalized spacial score (nSPS) is 16.4. The molecule has 1 atom stereocenters. The zero-order valence-electron chi connectivity index (χ0n) is 15.1. The Balaban J connectivity index is 1.45. The van der Waals surface area contributed by atoms with E-state index in [9.17, 15) is 19.2 Å². The van der Waals surface area contributed by atoms with Crippen LogP contribution in [0.4, 0.5) is 5.69 Å². The number of nitrogens with zero attached hydrogens (tertiary/aromatic N) is 1. The van der Waals surface area contributed by atoms with E-state index in [0.29, 0.717) is 23.2 Å². The van der Waals surface area contributed by atoms with Crippen LogP contribution in [0.3, 0.4) is 0 Å². The third-order valence-corrected chi connectivity index (χ3v) is 4.93. The van der Waals surface area contributed by atoms with Crippen LogP contribution in [-0.4, -0.2) is 27.3 Å². The number of amides is 3. The first-order valence-corrected chi connectivity index (χ1v) is 8.83. The summed E-state index contributed by atoms with van der Waals surface area (Å²) in [6.07, 6.45) is 0.686. The molecule has 1 aliphatic heterocycles. The molecular formula is C20H18N4O4. The Morgan fingerprint density at radius 3 is 2.57 bits per heavy atom. The molecule has 0 spiro atoms. The molecule has 1 aromatic heterocycles. The van der Waals surface area contributed by atoms with E-state index < -0.39 is 0 Å². The summed E-state index contributed by atoms with van der Waals surface area (Å²) in [6, 6.07) is 12.2. The van der Waals surface area contributed by atoms with Crippen LogP contribution in [0.25, 0.3) is 11.0 Å². The maximum absolute atomic E-state index is 12.5. The summed E-state index contributed by atoms with van der Waals surface area (Å²) in [5.74, 6) is -1.11. The maximum Gasteiger partial charge on any atom is 0.326 e. The maximum atomic E-state index is 12.5. The van der Waals surface area contributed by atoms with Gasteiger partial charge in [0.05, 0.1) is 17.0 Å². The van der Waals surface area contributed by atoms with Crippen LogP contribution in [0.15, 0.2) is 47.3 Å². The number of anilines is 1. The second-order valence-corrected chi connectivity index (χ2v) is 6.89. The Bertz CT molecular complexity index is 1160. The number of carbonyl (C=O) groups excluding carboxylic acids is 3. The van der Waals surface area contributed by atoms with Crippen molar-refractivity contribution in [1.82, 2.24) is 14.9 Å². The Morgan fingerprint density at radius 2 is 1.89 bits per heavy atom. The molecule has 2 aromatic carbocycles. The Hall–Kier alpha value is -3.68. The highest BCUT2D eigenvalue weighted by Gasteiger charge is 2.30. The number of nitrogens with one attached hydrogen (secondary N) is 3. The average molecular weight is 378 g/mol. The summed E-state index contributed by atoms with van der Waals surface area (Å²) in [4.78, 5) is 49.8. The van der Waals surface area contributed by atoms with E-state index >= 15 is 0 Å². The van der Waals surface area contributed by atoms with Gasteiger partial charge in [-0.15, -0.1) is 0 Å². The molecule has 3 N–H and O–H groups in total. The van der Waals surface area contributed by atoms with E-state index in [1.807, 2.05) is 12.1 Å². The predicted octanol–water partition coefficient (Wildman–Crippen LogP) is 1.32. The first-order chi connectivity index (χ1) is 13.4. The van der Waals surface area contributed by atoms with E-state index in [1.54, 1.807) is 37.4 Å². The molecule has 3 aromatic rings. The fourth-order valence-corrected chi connectivity index (χ4v) is 3.36. The predicted molar refractivity (Wildman–Crippen MR) is 103 cm³/mol. The van der Waals surface area contributed by atoms with Crippen LogP contribution in [0.5, 0.6) is 0 Å². The van der Waals surface area contributed by atoms with Gasteiger partial charge in [0.1, 0.15) is 0 Å². The molecule has 3 amide bonds. The van der Waals surface area contributed by atoms with Crippen LogP contribution >= 0.6 is 0 Å². The lowest BCUT2D eigenvalue weighted by Crippen LogP contribution is -2.22. The topological polar surface area (TPSA) is 113 Å². The summed E-state index contributed by atoms with van der Waals surface area (Å²) in [5, 5.41) is 5.11. The lowest BCUT2D eigenvalue weighted by Gasteiger charge is -2.09. The van der Waals surface area contributed by atoms with Gasteiger partial charge in [0.25, 0.3) is 5.91 Å². The van der Waals surface area contributed by atoms with Gasteiger partial charge in [-0.05, 0) is 42.3 Å². The molecule has 142 valence electrons. The highest BCUT2D eigenvalue weighted by molar-refractivity contribution is 6.06. The van der Waals surface area contributed by atoms with E-state index in [4.69, 9.17) is 0 Å². The molecule has 4 rings (SSSR count). The van der Waals surface area contributed by atoms with Crippen LogP contribution in [0.2, 0.25) is 0 Å². The number of aromatic nitrogens is 2. The van der Waals surface area contributed by atoms with Crippen molar-refractivity contribution in [1.29, 1.82) is 0 Å². The highest BCUT2D eigenvalue weighted by atomic mass is 16.2. The molecule has 0 saturated carbocycles. The second kappa shape index (κ2) is 6.80. The van der Waals surface area contributed by atoms with Crippen molar-refractivity contribution in [3.05, 3.63) is 64.1 Å². The minimum absolute atomic E-state index is 0.210. The van der Waals surface area contributed by atoms with Gasteiger partial charge in [0.15, 0.2) is 0 Å². The van der Waals surface area contributed by atoms with Gasteiger partial charge < -0.3 is 10.3 Å². The molecule has 1 saturated heterocycles. The molecule has 8 heteroatoms. The third kappa shape index (κ3) is 3.32. The van der Waals surface area contributed by atoms with Gasteiger partial charge >= 0.3 is 5.69 Å². The van der Waals surface area contributed by atoms with Crippen molar-refractivity contribution in [2.75, 3.05) is 5.32 Å². The number of carbonyl (C=O) groups is 3. The van der Waals surface area contributed by atoms with Gasteiger partial charge in [0, 0.05) is 24.7 Å². The molecule has 8 nitrogen and oxygen atoms in total. The van der Waals surface area contributed by atoms with E-state index in [-0.39, 0.29) is 35.8 Å². The minimum atomic E-state index is -0.340. The van der Waals surface area contributed by atoms with Crippen molar-refractivity contribution in [2.45, 2.75) is 12.8 Å². The van der Waals surface area contributed by atoms with Crippen LogP contribution < -0.4 is 16.3 Å². The summed E-state index contributed by atoms with van der Waals surface area (Å²) in [6.45, 7) is 0. The summed E-state index contributed by atoms with van der Waals surface area (Å²) >= 11 is 0. The molecule has 1 aliphatic rings. The van der Waals surface area contributed by atoms with E-state index in [0.717, 1.165) is 11.1 Å². The minimum Gasteiger partial charge on any atom is -0.322 e. The number of hydrogen-bond donors (Lipinski definition) is 3. The zero-order chi connectivity index (χ0) is 19.8. The Labute approximate surface area is 159 Å². The average Bonchev–Trinajstić information content (AvgIpc) is 3.14. The van der Waals surface area contributed by atoms with Crippen molar-refractivity contribution in [3.8, 4) is 0 Å². The van der Waals surface area contributed by atoms with E-state index in [2.05, 4.69) is 15.6 Å². The summed E-state index contributed by atoms with van der Waals surface area (Å²) < 4.78 is 1.48. The van der Waals surface area contributed by atoms with Gasteiger partial charge in [-0.3, -0.25) is 24.3 Å². The Morgan fingerprint density at radius 1 is 1.14 bits per heavy atom. The molecule has 0 bridgehead atoms. The van der Waals surface area contributed by atoms with Crippen molar-refractivity contribution < 1.29 is 14.4 Å².